The number of hydrogen-bond donors (Lipinski definition) is 4. The average molecular weight is 427 g/mol. The van der Waals surface area contributed by atoms with E-state index in [1.165, 1.54) is 13.3 Å². The fourth-order valence-electron chi connectivity index (χ4n) is 2.79. The van der Waals surface area contributed by atoms with Gasteiger partial charge in [0.25, 0.3) is 0 Å². The molecule has 0 amide bonds. The molecular weight excluding hydrogens is 406 g/mol. The molecule has 3 aromatic carbocycles. The number of nitrogens with zero attached hydrogens (tertiary/aromatic N) is 4. The molecule has 160 valence electrons. The van der Waals surface area contributed by atoms with Crippen molar-refractivity contribution < 1.29 is 9.84 Å². The van der Waals surface area contributed by atoms with Crippen LogP contribution in [-0.2, 0) is 0 Å². The Morgan fingerprint density at radius 2 is 1.34 bits per heavy atom. The van der Waals surface area contributed by atoms with E-state index in [-0.39, 0.29) is 11.7 Å². The number of hydrogen-bond acceptors (Lipinski definition) is 9. The lowest BCUT2D eigenvalue weighted by Gasteiger charge is -2.10. The van der Waals surface area contributed by atoms with Crippen LogP contribution in [0, 0.1) is 0 Å². The van der Waals surface area contributed by atoms with Crippen LogP contribution in [0.15, 0.2) is 84.0 Å². The Hall–Kier alpha value is -4.66. The van der Waals surface area contributed by atoms with E-state index in [9.17, 15) is 5.11 Å². The monoisotopic (exact) mass is 427 g/mol. The Balaban J connectivity index is 1.56. The fourth-order valence-corrected chi connectivity index (χ4v) is 2.79. The number of aromatic hydroxyl groups is 1. The van der Waals surface area contributed by atoms with Crippen LogP contribution in [0.3, 0.4) is 0 Å². The van der Waals surface area contributed by atoms with E-state index in [1.807, 2.05) is 60.7 Å². The lowest BCUT2D eigenvalue weighted by molar-refractivity contribution is 0.373. The van der Waals surface area contributed by atoms with Crippen LogP contribution in [0.2, 0.25) is 0 Å². The number of anilines is 5. The summed E-state index contributed by atoms with van der Waals surface area (Å²) in [6, 6.07) is 24.1. The third kappa shape index (κ3) is 5.48. The van der Waals surface area contributed by atoms with E-state index < -0.39 is 0 Å². The van der Waals surface area contributed by atoms with Crippen LogP contribution in [-0.4, -0.2) is 33.4 Å². The quantitative estimate of drug-likeness (QED) is 0.240. The summed E-state index contributed by atoms with van der Waals surface area (Å²) in [4.78, 5) is 13.2. The van der Waals surface area contributed by atoms with Crippen molar-refractivity contribution in [3.05, 3.63) is 84.4 Å². The van der Waals surface area contributed by atoms with Crippen LogP contribution in [0.25, 0.3) is 0 Å². The molecule has 4 rings (SSSR count). The summed E-state index contributed by atoms with van der Waals surface area (Å²) >= 11 is 0. The maximum atomic E-state index is 9.90. The predicted molar refractivity (Wildman–Crippen MR) is 125 cm³/mol. The molecule has 1 heterocycles. The molecule has 4 N–H and O–H groups in total. The lowest BCUT2D eigenvalue weighted by Crippen LogP contribution is -2.07. The molecule has 0 spiro atoms. The molecule has 0 aliphatic heterocycles. The maximum absolute atomic E-state index is 9.90. The number of aromatic nitrogens is 3. The minimum atomic E-state index is 0.0281. The summed E-state index contributed by atoms with van der Waals surface area (Å²) in [6.45, 7) is 0. The molecule has 0 saturated carbocycles. The number of para-hydroxylation sites is 2. The highest BCUT2D eigenvalue weighted by molar-refractivity contribution is 5.81. The number of hydrazone groups is 1. The highest BCUT2D eigenvalue weighted by Crippen LogP contribution is 2.25. The topological polar surface area (TPSA) is 117 Å². The molecule has 0 fully saturated rings. The Morgan fingerprint density at radius 3 is 1.88 bits per heavy atom. The van der Waals surface area contributed by atoms with E-state index >= 15 is 0 Å². The van der Waals surface area contributed by atoms with Crippen molar-refractivity contribution in [2.24, 2.45) is 5.10 Å². The minimum absolute atomic E-state index is 0.0281. The lowest BCUT2D eigenvalue weighted by atomic mass is 10.2. The van der Waals surface area contributed by atoms with Gasteiger partial charge in [0.1, 0.15) is 0 Å². The van der Waals surface area contributed by atoms with Gasteiger partial charge in [-0.05, 0) is 48.0 Å². The van der Waals surface area contributed by atoms with Crippen molar-refractivity contribution >= 4 is 35.4 Å². The van der Waals surface area contributed by atoms with Gasteiger partial charge < -0.3 is 20.5 Å². The molecule has 0 atom stereocenters. The summed E-state index contributed by atoms with van der Waals surface area (Å²) in [5, 5.41) is 20.4. The van der Waals surface area contributed by atoms with Gasteiger partial charge >= 0.3 is 0 Å². The summed E-state index contributed by atoms with van der Waals surface area (Å²) in [6.07, 6.45) is 1.54. The van der Waals surface area contributed by atoms with Crippen LogP contribution < -0.4 is 20.8 Å². The van der Waals surface area contributed by atoms with E-state index in [4.69, 9.17) is 4.74 Å². The van der Waals surface area contributed by atoms with Crippen molar-refractivity contribution in [2.45, 2.75) is 0 Å². The molecule has 1 aromatic heterocycles. The third-order valence-corrected chi connectivity index (χ3v) is 4.28. The van der Waals surface area contributed by atoms with Gasteiger partial charge in [0, 0.05) is 11.4 Å². The van der Waals surface area contributed by atoms with Crippen molar-refractivity contribution in [1.82, 2.24) is 15.0 Å². The number of phenolic OH excluding ortho intramolecular Hbond substituents is 1. The molecule has 0 aliphatic carbocycles. The van der Waals surface area contributed by atoms with E-state index in [0.29, 0.717) is 23.2 Å². The largest absolute Gasteiger partial charge is 0.504 e. The second-order valence-corrected chi connectivity index (χ2v) is 6.59. The first-order valence-corrected chi connectivity index (χ1v) is 9.76. The zero-order valence-corrected chi connectivity index (χ0v) is 17.2. The Kier molecular flexibility index (Phi) is 6.37. The second kappa shape index (κ2) is 9.90. The molecule has 0 radical (unpaired) electrons. The van der Waals surface area contributed by atoms with Crippen LogP contribution >= 0.6 is 0 Å². The summed E-state index contributed by atoms with van der Waals surface area (Å²) in [7, 11) is 1.49. The first-order chi connectivity index (χ1) is 15.7. The summed E-state index contributed by atoms with van der Waals surface area (Å²) in [5.74, 6) is 1.36. The van der Waals surface area contributed by atoms with Crippen molar-refractivity contribution in [2.75, 3.05) is 23.2 Å². The van der Waals surface area contributed by atoms with Crippen molar-refractivity contribution in [3.8, 4) is 11.5 Å². The number of ether oxygens (including phenoxy) is 1. The van der Waals surface area contributed by atoms with E-state index in [2.05, 4.69) is 36.1 Å². The number of rotatable bonds is 8. The van der Waals surface area contributed by atoms with Gasteiger partial charge in [0.05, 0.1) is 13.3 Å². The molecule has 9 nitrogen and oxygen atoms in total. The van der Waals surface area contributed by atoms with Gasteiger partial charge in [-0.2, -0.15) is 20.1 Å². The van der Waals surface area contributed by atoms with Crippen LogP contribution in [0.1, 0.15) is 5.56 Å². The highest BCUT2D eigenvalue weighted by Gasteiger charge is 2.07. The molecule has 0 bridgehead atoms. The number of nitrogens with one attached hydrogen (secondary N) is 3. The zero-order valence-electron chi connectivity index (χ0n) is 17.2. The Morgan fingerprint density at radius 1 is 0.781 bits per heavy atom. The van der Waals surface area contributed by atoms with Gasteiger partial charge in [-0.25, -0.2) is 5.43 Å². The van der Waals surface area contributed by atoms with Crippen molar-refractivity contribution in [1.29, 1.82) is 0 Å². The van der Waals surface area contributed by atoms with Crippen LogP contribution in [0.4, 0.5) is 29.2 Å². The number of benzene rings is 3. The Bertz CT molecular complexity index is 1140. The zero-order chi connectivity index (χ0) is 22.2. The van der Waals surface area contributed by atoms with Gasteiger partial charge in [0.2, 0.25) is 17.8 Å². The molecule has 32 heavy (non-hydrogen) atoms. The first kappa shape index (κ1) is 20.6. The predicted octanol–water partition coefficient (Wildman–Crippen LogP) is 4.52. The SMILES string of the molecule is COc1ccc(/C=N/Nc2nc(Nc3ccccc3)nc(Nc3ccccc3)n2)cc1O. The Labute approximate surface area is 184 Å². The smallest absolute Gasteiger partial charge is 0.250 e. The fraction of sp³-hybridized carbons (Fsp3) is 0.0435. The first-order valence-electron chi connectivity index (χ1n) is 9.76. The number of phenols is 1. The minimum Gasteiger partial charge on any atom is -0.504 e. The van der Waals surface area contributed by atoms with E-state index in [0.717, 1.165) is 11.4 Å². The van der Waals surface area contributed by atoms with Gasteiger partial charge in [-0.3, -0.25) is 0 Å². The highest BCUT2D eigenvalue weighted by atomic mass is 16.5. The number of methoxy groups -OCH3 is 1. The van der Waals surface area contributed by atoms with Gasteiger partial charge in [-0.15, -0.1) is 0 Å². The van der Waals surface area contributed by atoms with Gasteiger partial charge in [0.15, 0.2) is 11.5 Å². The maximum Gasteiger partial charge on any atom is 0.250 e. The molecular formula is C23H21N7O2. The second-order valence-electron chi connectivity index (χ2n) is 6.59. The molecule has 0 saturated heterocycles. The molecule has 0 unspecified atom stereocenters. The van der Waals surface area contributed by atoms with Gasteiger partial charge in [-0.1, -0.05) is 36.4 Å². The molecule has 9 heteroatoms. The molecule has 0 aliphatic rings. The normalized spacial score (nSPS) is 10.7. The average Bonchev–Trinajstić information content (AvgIpc) is 2.80. The van der Waals surface area contributed by atoms with Crippen LogP contribution in [0.5, 0.6) is 11.5 Å². The third-order valence-electron chi connectivity index (χ3n) is 4.28. The summed E-state index contributed by atoms with van der Waals surface area (Å²) in [5.41, 5.74) is 5.16. The molecule has 4 aromatic rings. The standard InChI is InChI=1S/C23H21N7O2/c1-32-20-13-12-16(14-19(20)31)15-24-30-23-28-21(25-17-8-4-2-5-9-17)27-22(29-23)26-18-10-6-3-7-11-18/h2-15,31H,1H3,(H3,25,26,27,28,29,30)/b24-15+. The van der Waals surface area contributed by atoms with Crippen molar-refractivity contribution in [3.63, 3.8) is 0 Å². The van der Waals surface area contributed by atoms with E-state index in [1.54, 1.807) is 18.2 Å². The summed E-state index contributed by atoms with van der Waals surface area (Å²) < 4.78 is 5.05.